The first kappa shape index (κ1) is 33.0. The molecule has 2 saturated heterocycles. The van der Waals surface area contributed by atoms with Gasteiger partial charge in [0.05, 0.1) is 11.7 Å². The van der Waals surface area contributed by atoms with Crippen LogP contribution in [0, 0.1) is 6.92 Å². The van der Waals surface area contributed by atoms with Crippen molar-refractivity contribution in [3.05, 3.63) is 77.0 Å². The number of rotatable bonds is 6. The number of hydrogen-bond acceptors (Lipinski definition) is 8. The Kier molecular flexibility index (Phi) is 10.3. The molecule has 4 amide bonds. The van der Waals surface area contributed by atoms with Crippen LogP contribution in [0.4, 0.5) is 0 Å². The molecule has 12 nitrogen and oxygen atoms in total. The van der Waals surface area contributed by atoms with E-state index >= 15 is 0 Å². The van der Waals surface area contributed by atoms with Gasteiger partial charge in [-0.2, -0.15) is 0 Å². The minimum absolute atomic E-state index is 0.0383. The Bertz CT molecular complexity index is 1640. The highest BCUT2D eigenvalue weighted by Crippen LogP contribution is 2.33. The number of likely N-dealkylation sites (tertiary alicyclic amines) is 1. The van der Waals surface area contributed by atoms with Crippen molar-refractivity contribution in [2.24, 2.45) is 0 Å². The topological polar surface area (TPSA) is 135 Å². The predicted molar refractivity (Wildman–Crippen MR) is 176 cm³/mol. The van der Waals surface area contributed by atoms with Crippen LogP contribution in [0.15, 0.2) is 52.9 Å². The summed E-state index contributed by atoms with van der Waals surface area (Å²) in [6, 6.07) is 13.6. The molecular weight excluding hydrogens is 614 g/mol. The van der Waals surface area contributed by atoms with Gasteiger partial charge in [-0.1, -0.05) is 31.2 Å². The van der Waals surface area contributed by atoms with Crippen LogP contribution < -0.4 is 14.8 Å². The van der Waals surface area contributed by atoms with E-state index in [0.717, 1.165) is 5.56 Å². The summed E-state index contributed by atoms with van der Waals surface area (Å²) >= 11 is 0. The second kappa shape index (κ2) is 14.9. The monoisotopic (exact) mass is 657 g/mol. The van der Waals surface area contributed by atoms with Crippen LogP contribution in [-0.2, 0) is 22.4 Å². The summed E-state index contributed by atoms with van der Waals surface area (Å²) in [5.41, 5.74) is 2.00. The van der Waals surface area contributed by atoms with E-state index in [4.69, 9.17) is 13.9 Å². The fraction of sp³-hybridized carbons (Fsp3) is 0.472. The van der Waals surface area contributed by atoms with Crippen molar-refractivity contribution in [3.63, 3.8) is 0 Å². The maximum atomic E-state index is 14.0. The van der Waals surface area contributed by atoms with Crippen LogP contribution in [-0.4, -0.2) is 94.9 Å². The number of aromatic nitrogens is 1. The van der Waals surface area contributed by atoms with Crippen molar-refractivity contribution < 1.29 is 33.1 Å². The number of hydrogen-bond donors (Lipinski definition) is 1. The molecule has 0 saturated carbocycles. The van der Waals surface area contributed by atoms with Crippen LogP contribution in [0.3, 0.4) is 0 Å². The summed E-state index contributed by atoms with van der Waals surface area (Å²) in [4.78, 5) is 64.5. The zero-order chi connectivity index (χ0) is 33.6. The van der Waals surface area contributed by atoms with Gasteiger partial charge in [0.2, 0.25) is 24.4 Å². The van der Waals surface area contributed by atoms with E-state index in [2.05, 4.69) is 10.3 Å². The molecule has 2 atom stereocenters. The van der Waals surface area contributed by atoms with Gasteiger partial charge < -0.3 is 33.9 Å². The predicted octanol–water partition coefficient (Wildman–Crippen LogP) is 3.76. The van der Waals surface area contributed by atoms with Crippen molar-refractivity contribution in [3.8, 4) is 11.5 Å². The molecule has 2 bridgehead atoms. The SMILES string of the molecule is CCc1nc(C)c(C(=O)N2C[C@@H]3C[C@H]2C(=O)NCCCCN(C(=O)CCc2ccc4c(c2)OCO4)CCCN3C(=O)c2ccccc2)o1. The molecule has 4 heterocycles. The summed E-state index contributed by atoms with van der Waals surface area (Å²) in [5.74, 6) is 1.18. The third kappa shape index (κ3) is 7.32. The maximum absolute atomic E-state index is 14.0. The Morgan fingerprint density at radius 3 is 2.52 bits per heavy atom. The van der Waals surface area contributed by atoms with E-state index in [9.17, 15) is 19.2 Å². The lowest BCUT2D eigenvalue weighted by atomic mass is 10.1. The molecular formula is C36H43N5O7. The van der Waals surface area contributed by atoms with Gasteiger partial charge in [-0.05, 0) is 68.9 Å². The number of carbonyl (C=O) groups is 4. The summed E-state index contributed by atoms with van der Waals surface area (Å²) in [6.07, 6.45) is 3.68. The third-order valence-electron chi connectivity index (χ3n) is 9.30. The van der Waals surface area contributed by atoms with Crippen molar-refractivity contribution in [2.75, 3.05) is 39.5 Å². The van der Waals surface area contributed by atoms with Crippen molar-refractivity contribution in [1.29, 1.82) is 0 Å². The molecule has 254 valence electrons. The molecule has 12 heteroatoms. The van der Waals surface area contributed by atoms with E-state index in [1.807, 2.05) is 48.2 Å². The molecule has 1 aromatic heterocycles. The molecule has 3 aromatic rings. The largest absolute Gasteiger partial charge is 0.454 e. The average molecular weight is 658 g/mol. The molecule has 0 unspecified atom stereocenters. The third-order valence-corrected chi connectivity index (χ3v) is 9.30. The van der Waals surface area contributed by atoms with Gasteiger partial charge in [-0.25, -0.2) is 4.98 Å². The normalized spacial score (nSPS) is 20.0. The first-order valence-corrected chi connectivity index (χ1v) is 16.9. The Balaban J connectivity index is 1.20. The van der Waals surface area contributed by atoms with Gasteiger partial charge in [0, 0.05) is 51.1 Å². The molecule has 3 aliphatic rings. The van der Waals surface area contributed by atoms with Crippen LogP contribution in [0.1, 0.15) is 77.1 Å². The van der Waals surface area contributed by atoms with Crippen LogP contribution >= 0.6 is 0 Å². The quantitative estimate of drug-likeness (QED) is 0.424. The molecule has 0 spiro atoms. The summed E-state index contributed by atoms with van der Waals surface area (Å²) in [6.45, 7) is 5.81. The molecule has 3 aliphatic heterocycles. The minimum atomic E-state index is -0.764. The van der Waals surface area contributed by atoms with Crippen molar-refractivity contribution in [1.82, 2.24) is 25.0 Å². The molecule has 0 radical (unpaired) electrons. The lowest BCUT2D eigenvalue weighted by Crippen LogP contribution is -2.46. The first-order valence-electron chi connectivity index (χ1n) is 16.9. The minimum Gasteiger partial charge on any atom is -0.454 e. The maximum Gasteiger partial charge on any atom is 0.292 e. The summed E-state index contributed by atoms with van der Waals surface area (Å²) in [7, 11) is 0. The smallest absolute Gasteiger partial charge is 0.292 e. The fourth-order valence-corrected chi connectivity index (χ4v) is 6.70. The van der Waals surface area contributed by atoms with Crippen LogP contribution in [0.5, 0.6) is 11.5 Å². The van der Waals surface area contributed by atoms with Gasteiger partial charge in [-0.3, -0.25) is 19.2 Å². The average Bonchev–Trinajstić information content (AvgIpc) is 3.85. The van der Waals surface area contributed by atoms with E-state index in [1.165, 1.54) is 4.90 Å². The highest BCUT2D eigenvalue weighted by molar-refractivity contribution is 5.98. The van der Waals surface area contributed by atoms with E-state index in [-0.39, 0.29) is 36.8 Å². The standard InChI is InChI=1S/C36H43N5O7/c1-3-31-38-24(2)33(48-31)36(45)41-22-27-21-28(41)34(43)37-16-7-8-17-39(18-9-19-40(27)35(44)26-10-5-4-6-11-26)32(42)15-13-25-12-14-29-30(20-25)47-23-46-29/h4-6,10-12,14,20,27-28H,3,7-9,13,15-19,21-23H2,1-2H3,(H,37,43)/t27-,28-/m0/s1. The Hall–Kier alpha value is -4.87. The highest BCUT2D eigenvalue weighted by atomic mass is 16.7. The van der Waals surface area contributed by atoms with Crippen LogP contribution in [0.2, 0.25) is 0 Å². The second-order valence-corrected chi connectivity index (χ2v) is 12.5. The molecule has 48 heavy (non-hydrogen) atoms. The number of amides is 4. The molecule has 2 fully saturated rings. The van der Waals surface area contributed by atoms with E-state index < -0.39 is 18.0 Å². The molecule has 1 N–H and O–H groups in total. The number of carbonyl (C=O) groups excluding carboxylic acids is 4. The zero-order valence-corrected chi connectivity index (χ0v) is 27.6. The van der Waals surface area contributed by atoms with Crippen molar-refractivity contribution >= 4 is 23.6 Å². The summed E-state index contributed by atoms with van der Waals surface area (Å²) < 4.78 is 16.7. The van der Waals surface area contributed by atoms with Gasteiger partial charge in [0.15, 0.2) is 17.4 Å². The number of nitrogens with one attached hydrogen (secondary N) is 1. The first-order chi connectivity index (χ1) is 23.3. The number of benzene rings is 2. The number of nitrogens with zero attached hydrogens (tertiary/aromatic N) is 4. The molecule has 6 rings (SSSR count). The number of ether oxygens (including phenoxy) is 2. The molecule has 2 aromatic carbocycles. The lowest BCUT2D eigenvalue weighted by Gasteiger charge is -2.31. The number of aryl methyl sites for hydroxylation is 3. The van der Waals surface area contributed by atoms with Crippen LogP contribution in [0.25, 0.3) is 0 Å². The van der Waals surface area contributed by atoms with E-state index in [1.54, 1.807) is 24.0 Å². The Labute approximate surface area is 280 Å². The fourth-order valence-electron chi connectivity index (χ4n) is 6.70. The molecule has 0 aliphatic carbocycles. The Morgan fingerprint density at radius 1 is 0.938 bits per heavy atom. The Morgan fingerprint density at radius 2 is 1.73 bits per heavy atom. The van der Waals surface area contributed by atoms with Crippen molar-refractivity contribution in [2.45, 2.75) is 70.9 Å². The lowest BCUT2D eigenvalue weighted by molar-refractivity contribution is -0.131. The van der Waals surface area contributed by atoms with Gasteiger partial charge in [0.1, 0.15) is 6.04 Å². The number of oxazole rings is 1. The van der Waals surface area contributed by atoms with E-state index in [0.29, 0.717) is 99.8 Å². The second-order valence-electron chi connectivity index (χ2n) is 12.5. The number of fused-ring (bicyclic) bond motifs is 3. The zero-order valence-electron chi connectivity index (χ0n) is 27.6. The highest BCUT2D eigenvalue weighted by Gasteiger charge is 2.44. The summed E-state index contributed by atoms with van der Waals surface area (Å²) in [5, 5.41) is 3.01. The van der Waals surface area contributed by atoms with Gasteiger partial charge in [0.25, 0.3) is 11.8 Å². The van der Waals surface area contributed by atoms with Gasteiger partial charge in [-0.15, -0.1) is 0 Å². The van der Waals surface area contributed by atoms with Gasteiger partial charge >= 0.3 is 0 Å².